The van der Waals surface area contributed by atoms with Crippen molar-refractivity contribution >= 4 is 38.4 Å². The Kier molecular flexibility index (Phi) is 4.04. The Labute approximate surface area is 145 Å². The number of benzene rings is 1. The third kappa shape index (κ3) is 3.17. The van der Waals surface area contributed by atoms with Crippen molar-refractivity contribution in [3.63, 3.8) is 0 Å². The van der Waals surface area contributed by atoms with E-state index in [-0.39, 0.29) is 28.7 Å². The van der Waals surface area contributed by atoms with Crippen LogP contribution < -0.4 is 5.32 Å². The van der Waals surface area contributed by atoms with E-state index in [1.807, 2.05) is 29.2 Å². The predicted molar refractivity (Wildman–Crippen MR) is 96.5 cm³/mol. The Bertz CT molecular complexity index is 783. The van der Waals surface area contributed by atoms with E-state index in [0.717, 1.165) is 36.8 Å². The molecular formula is C16H19N3O3S2. The number of anilines is 1. The zero-order valence-electron chi connectivity index (χ0n) is 13.1. The number of likely N-dealkylation sites (tertiary alicyclic amines) is 1. The highest BCUT2D eigenvalue weighted by molar-refractivity contribution is 8.15. The van der Waals surface area contributed by atoms with E-state index in [1.165, 1.54) is 11.8 Å². The largest absolute Gasteiger partial charge is 0.339 e. The monoisotopic (exact) mass is 365 g/mol. The van der Waals surface area contributed by atoms with Gasteiger partial charge in [0.2, 0.25) is 0 Å². The van der Waals surface area contributed by atoms with Gasteiger partial charge in [-0.05, 0) is 37.1 Å². The maximum atomic E-state index is 12.3. The second kappa shape index (κ2) is 6.07. The number of carbonyl (C=O) groups is 1. The van der Waals surface area contributed by atoms with E-state index >= 15 is 0 Å². The number of amides is 1. The van der Waals surface area contributed by atoms with Gasteiger partial charge in [-0.15, -0.1) is 0 Å². The highest BCUT2D eigenvalue weighted by atomic mass is 32.2. The molecule has 0 aliphatic carbocycles. The molecule has 2 fully saturated rings. The summed E-state index contributed by atoms with van der Waals surface area (Å²) in [6.45, 7) is 1.69. The van der Waals surface area contributed by atoms with Crippen LogP contribution in [0, 0.1) is 0 Å². The number of hydrogen-bond donors (Lipinski definition) is 1. The number of hydrogen-bond acceptors (Lipinski definition) is 6. The summed E-state index contributed by atoms with van der Waals surface area (Å²) in [5, 5.41) is 4.02. The molecule has 2 saturated heterocycles. The fraction of sp³-hybridized carbons (Fsp3) is 0.500. The molecule has 0 aromatic heterocycles. The Morgan fingerprint density at radius 2 is 1.88 bits per heavy atom. The van der Waals surface area contributed by atoms with Crippen molar-refractivity contribution in [3.8, 4) is 0 Å². The van der Waals surface area contributed by atoms with Crippen LogP contribution >= 0.6 is 11.8 Å². The molecule has 1 aromatic carbocycles. The molecule has 1 aromatic rings. The minimum atomic E-state index is -2.92. The van der Waals surface area contributed by atoms with Crippen LogP contribution in [0.1, 0.15) is 23.2 Å². The summed E-state index contributed by atoms with van der Waals surface area (Å²) in [7, 11) is -2.92. The first-order chi connectivity index (χ1) is 11.5. The number of sulfone groups is 1. The van der Waals surface area contributed by atoms with Gasteiger partial charge in [0.25, 0.3) is 5.91 Å². The molecule has 24 heavy (non-hydrogen) atoms. The topological polar surface area (TPSA) is 78.8 Å². The molecule has 0 saturated carbocycles. The summed E-state index contributed by atoms with van der Waals surface area (Å²) < 4.78 is 23.2. The van der Waals surface area contributed by atoms with E-state index in [2.05, 4.69) is 10.3 Å². The smallest absolute Gasteiger partial charge is 0.253 e. The highest BCUT2D eigenvalue weighted by Gasteiger charge is 2.42. The Morgan fingerprint density at radius 1 is 1.17 bits per heavy atom. The summed E-state index contributed by atoms with van der Waals surface area (Å²) in [5.74, 6) is 0.450. The van der Waals surface area contributed by atoms with Crippen LogP contribution in [0.2, 0.25) is 0 Å². The van der Waals surface area contributed by atoms with Crippen molar-refractivity contribution in [1.29, 1.82) is 0 Å². The number of fused-ring (bicyclic) bond motifs is 1. The van der Waals surface area contributed by atoms with Crippen LogP contribution in [0.25, 0.3) is 0 Å². The summed E-state index contributed by atoms with van der Waals surface area (Å²) in [5.41, 5.74) is 1.56. The predicted octanol–water partition coefficient (Wildman–Crippen LogP) is 1.60. The molecule has 8 heteroatoms. The first-order valence-corrected chi connectivity index (χ1v) is 10.8. The third-order valence-electron chi connectivity index (χ3n) is 4.59. The van der Waals surface area contributed by atoms with Crippen molar-refractivity contribution in [3.05, 3.63) is 29.8 Å². The minimum Gasteiger partial charge on any atom is -0.339 e. The Hall–Kier alpha value is -1.54. The number of amidine groups is 1. The standard InChI is InChI=1S/C16H19N3O3S2/c20-15(19-7-1-2-8-19)11-3-5-12(6-4-11)17-16-18-13-9-24(21,22)10-14(13)23-16/h3-6,13-14H,1-2,7-10H2,(H,17,18)/t13-,14-/m1/s1. The van der Waals surface area contributed by atoms with Gasteiger partial charge in [0.1, 0.15) is 0 Å². The molecule has 2 atom stereocenters. The lowest BCUT2D eigenvalue weighted by molar-refractivity contribution is 0.0793. The van der Waals surface area contributed by atoms with E-state index in [1.54, 1.807) is 0 Å². The average Bonchev–Trinajstić information content (AvgIpc) is 3.22. The molecule has 128 valence electrons. The van der Waals surface area contributed by atoms with Gasteiger partial charge in [0.05, 0.1) is 17.5 Å². The zero-order chi connectivity index (χ0) is 16.7. The molecule has 6 nitrogen and oxygen atoms in total. The molecule has 1 amide bonds. The number of thioether (sulfide) groups is 1. The molecule has 0 bridgehead atoms. The number of aliphatic imine (C=N–C) groups is 1. The molecule has 3 aliphatic rings. The maximum absolute atomic E-state index is 12.3. The molecule has 0 unspecified atom stereocenters. The van der Waals surface area contributed by atoms with Crippen LogP contribution in [0.4, 0.5) is 5.69 Å². The Balaban J connectivity index is 1.40. The lowest BCUT2D eigenvalue weighted by atomic mass is 10.2. The van der Waals surface area contributed by atoms with Crippen molar-refractivity contribution in [2.75, 3.05) is 29.9 Å². The van der Waals surface area contributed by atoms with Crippen LogP contribution in [-0.2, 0) is 9.84 Å². The van der Waals surface area contributed by atoms with Crippen LogP contribution in [0.15, 0.2) is 29.3 Å². The molecule has 0 spiro atoms. The minimum absolute atomic E-state index is 0.0357. The fourth-order valence-corrected chi connectivity index (χ4v) is 7.01. The lowest BCUT2D eigenvalue weighted by Gasteiger charge is -2.15. The first-order valence-electron chi connectivity index (χ1n) is 8.11. The second-order valence-corrected chi connectivity index (χ2v) is 9.82. The van der Waals surface area contributed by atoms with Crippen LogP contribution in [-0.4, -0.2) is 60.3 Å². The number of carbonyl (C=O) groups excluding carboxylic acids is 1. The van der Waals surface area contributed by atoms with Crippen molar-refractivity contribution in [1.82, 2.24) is 4.90 Å². The molecule has 3 heterocycles. The van der Waals surface area contributed by atoms with Crippen LogP contribution in [0.5, 0.6) is 0 Å². The first kappa shape index (κ1) is 16.0. The molecular weight excluding hydrogens is 346 g/mol. The highest BCUT2D eigenvalue weighted by Crippen LogP contribution is 2.34. The van der Waals surface area contributed by atoms with Gasteiger partial charge in [0.15, 0.2) is 15.0 Å². The lowest BCUT2D eigenvalue weighted by Crippen LogP contribution is -2.27. The van der Waals surface area contributed by atoms with Gasteiger partial charge >= 0.3 is 0 Å². The van der Waals surface area contributed by atoms with Gasteiger partial charge in [-0.3, -0.25) is 9.79 Å². The summed E-state index contributed by atoms with van der Waals surface area (Å²) >= 11 is 1.49. The SMILES string of the molecule is O=C(c1ccc(NC2=N[C@@H]3CS(=O)(=O)C[C@H]3S2)cc1)N1CCCC1. The van der Waals surface area contributed by atoms with Crippen molar-refractivity contribution < 1.29 is 13.2 Å². The van der Waals surface area contributed by atoms with Gasteiger partial charge in [-0.2, -0.15) is 0 Å². The van der Waals surface area contributed by atoms with Gasteiger partial charge in [-0.1, -0.05) is 11.8 Å². The number of rotatable bonds is 2. The normalized spacial score (nSPS) is 27.8. The van der Waals surface area contributed by atoms with Crippen molar-refractivity contribution in [2.24, 2.45) is 4.99 Å². The second-order valence-electron chi connectivity index (χ2n) is 6.44. The van der Waals surface area contributed by atoms with E-state index in [9.17, 15) is 13.2 Å². The van der Waals surface area contributed by atoms with E-state index in [0.29, 0.717) is 5.56 Å². The van der Waals surface area contributed by atoms with Gasteiger partial charge in [0, 0.05) is 29.6 Å². The zero-order valence-corrected chi connectivity index (χ0v) is 14.8. The fourth-order valence-electron chi connectivity index (χ4n) is 3.34. The maximum Gasteiger partial charge on any atom is 0.253 e. The van der Waals surface area contributed by atoms with E-state index < -0.39 is 9.84 Å². The van der Waals surface area contributed by atoms with Gasteiger partial charge < -0.3 is 10.2 Å². The molecule has 3 aliphatic heterocycles. The van der Waals surface area contributed by atoms with Gasteiger partial charge in [-0.25, -0.2) is 8.42 Å². The van der Waals surface area contributed by atoms with Crippen molar-refractivity contribution in [2.45, 2.75) is 24.1 Å². The third-order valence-corrected chi connectivity index (χ3v) is 7.74. The molecule has 1 N–H and O–H groups in total. The summed E-state index contributed by atoms with van der Waals surface area (Å²) in [6.07, 6.45) is 2.17. The summed E-state index contributed by atoms with van der Waals surface area (Å²) in [6, 6.07) is 7.27. The van der Waals surface area contributed by atoms with E-state index in [4.69, 9.17) is 0 Å². The molecule has 4 rings (SSSR count). The number of nitrogens with zero attached hydrogens (tertiary/aromatic N) is 2. The molecule has 0 radical (unpaired) electrons. The summed E-state index contributed by atoms with van der Waals surface area (Å²) in [4.78, 5) is 18.7. The Morgan fingerprint density at radius 3 is 2.54 bits per heavy atom. The van der Waals surface area contributed by atoms with Crippen LogP contribution in [0.3, 0.4) is 0 Å². The number of nitrogens with one attached hydrogen (secondary N) is 1. The average molecular weight is 365 g/mol. The quantitative estimate of drug-likeness (QED) is 0.861.